The van der Waals surface area contributed by atoms with Crippen LogP contribution in [0.2, 0.25) is 0 Å². The molecule has 98 valence electrons. The lowest BCUT2D eigenvalue weighted by Crippen LogP contribution is -2.24. The molecule has 1 atom stereocenters. The summed E-state index contributed by atoms with van der Waals surface area (Å²) in [5, 5.41) is 2.84. The Morgan fingerprint density at radius 1 is 1.32 bits per heavy atom. The van der Waals surface area contributed by atoms with E-state index in [4.69, 9.17) is 4.42 Å². The third kappa shape index (κ3) is 4.10. The molecule has 2 aromatic rings. The van der Waals surface area contributed by atoms with E-state index in [0.717, 1.165) is 15.8 Å². The quantitative estimate of drug-likeness (QED) is 0.867. The van der Waals surface area contributed by atoms with Gasteiger partial charge in [0.05, 0.1) is 12.3 Å². The molecule has 1 aromatic heterocycles. The number of amides is 1. The Balaban J connectivity index is 1.92. The highest BCUT2D eigenvalue weighted by atomic mass is 79.9. The van der Waals surface area contributed by atoms with Crippen molar-refractivity contribution in [1.29, 1.82) is 0 Å². The van der Waals surface area contributed by atoms with Crippen LogP contribution in [-0.2, 0) is 4.79 Å². The van der Waals surface area contributed by atoms with E-state index in [0.29, 0.717) is 0 Å². The van der Waals surface area contributed by atoms with Crippen molar-refractivity contribution in [2.45, 2.75) is 13.0 Å². The lowest BCUT2D eigenvalue weighted by atomic mass is 10.2. The Labute approximate surface area is 120 Å². The molecule has 0 radical (unpaired) electrons. The predicted octanol–water partition coefficient (Wildman–Crippen LogP) is 3.93. The van der Waals surface area contributed by atoms with Crippen LogP contribution in [-0.4, -0.2) is 5.91 Å². The molecule has 0 fully saturated rings. The normalized spacial score (nSPS) is 12.5. The molecule has 0 bridgehead atoms. The van der Waals surface area contributed by atoms with Crippen LogP contribution in [0.25, 0.3) is 6.08 Å². The van der Waals surface area contributed by atoms with E-state index in [1.54, 1.807) is 18.4 Å². The Hall–Kier alpha value is -1.81. The van der Waals surface area contributed by atoms with Gasteiger partial charge in [0.15, 0.2) is 0 Å². The van der Waals surface area contributed by atoms with Gasteiger partial charge in [-0.25, -0.2) is 0 Å². The molecule has 0 unspecified atom stereocenters. The fourth-order valence-corrected chi connectivity index (χ4v) is 1.88. The van der Waals surface area contributed by atoms with Crippen LogP contribution in [0.1, 0.15) is 24.3 Å². The summed E-state index contributed by atoms with van der Waals surface area (Å²) in [6, 6.07) is 11.2. The summed E-state index contributed by atoms with van der Waals surface area (Å²) in [6.07, 6.45) is 4.88. The highest BCUT2D eigenvalue weighted by molar-refractivity contribution is 9.10. The molecular weight excluding hydrogens is 306 g/mol. The van der Waals surface area contributed by atoms with Crippen LogP contribution in [0, 0.1) is 0 Å². The number of furan rings is 1. The molecule has 1 aromatic carbocycles. The molecule has 0 aliphatic heterocycles. The minimum atomic E-state index is -0.146. The zero-order valence-corrected chi connectivity index (χ0v) is 12.1. The zero-order valence-electron chi connectivity index (χ0n) is 10.5. The highest BCUT2D eigenvalue weighted by Crippen LogP contribution is 2.13. The maximum Gasteiger partial charge on any atom is 0.244 e. The average molecular weight is 320 g/mol. The molecule has 0 saturated carbocycles. The molecule has 19 heavy (non-hydrogen) atoms. The number of benzene rings is 1. The Bertz CT molecular complexity index is 558. The van der Waals surface area contributed by atoms with Gasteiger partial charge in [-0.3, -0.25) is 4.79 Å². The first-order valence-electron chi connectivity index (χ1n) is 5.93. The van der Waals surface area contributed by atoms with E-state index in [1.165, 1.54) is 6.08 Å². The fourth-order valence-electron chi connectivity index (χ4n) is 1.62. The molecule has 0 aliphatic carbocycles. The van der Waals surface area contributed by atoms with E-state index >= 15 is 0 Å². The summed E-state index contributed by atoms with van der Waals surface area (Å²) in [5.74, 6) is 0.595. The van der Waals surface area contributed by atoms with Gasteiger partial charge in [-0.15, -0.1) is 0 Å². The fraction of sp³-hybridized carbons (Fsp3) is 0.133. The van der Waals surface area contributed by atoms with Crippen molar-refractivity contribution in [3.8, 4) is 0 Å². The van der Waals surface area contributed by atoms with Crippen molar-refractivity contribution < 1.29 is 9.21 Å². The molecule has 4 heteroatoms. The molecule has 0 aliphatic rings. The summed E-state index contributed by atoms with van der Waals surface area (Å²) in [4.78, 5) is 11.7. The maximum atomic E-state index is 11.7. The number of rotatable bonds is 4. The van der Waals surface area contributed by atoms with Gasteiger partial charge in [-0.05, 0) is 42.8 Å². The number of carbonyl (C=O) groups is 1. The van der Waals surface area contributed by atoms with Crippen LogP contribution in [0.3, 0.4) is 0 Å². The third-order valence-electron chi connectivity index (χ3n) is 2.63. The van der Waals surface area contributed by atoms with Crippen LogP contribution in [0.4, 0.5) is 0 Å². The van der Waals surface area contributed by atoms with Crippen LogP contribution in [0.15, 0.2) is 57.6 Å². The van der Waals surface area contributed by atoms with Crippen LogP contribution in [0.5, 0.6) is 0 Å². The van der Waals surface area contributed by atoms with Crippen molar-refractivity contribution in [2.75, 3.05) is 0 Å². The van der Waals surface area contributed by atoms with Gasteiger partial charge in [-0.1, -0.05) is 28.1 Å². The molecule has 3 nitrogen and oxygen atoms in total. The summed E-state index contributed by atoms with van der Waals surface area (Å²) in [6.45, 7) is 1.88. The zero-order chi connectivity index (χ0) is 13.7. The second-order valence-electron chi connectivity index (χ2n) is 4.13. The molecule has 2 rings (SSSR count). The van der Waals surface area contributed by atoms with Crippen molar-refractivity contribution in [3.05, 3.63) is 64.5 Å². The van der Waals surface area contributed by atoms with Gasteiger partial charge < -0.3 is 9.73 Å². The van der Waals surface area contributed by atoms with Gasteiger partial charge in [0.25, 0.3) is 0 Å². The largest absolute Gasteiger partial charge is 0.467 e. The number of hydrogen-bond donors (Lipinski definition) is 1. The minimum absolute atomic E-state index is 0.142. The number of carbonyl (C=O) groups excluding carboxylic acids is 1. The molecule has 1 amide bonds. The maximum absolute atomic E-state index is 11.7. The van der Waals surface area contributed by atoms with Crippen molar-refractivity contribution in [1.82, 2.24) is 5.32 Å². The van der Waals surface area contributed by atoms with Gasteiger partial charge in [0.2, 0.25) is 5.91 Å². The third-order valence-corrected chi connectivity index (χ3v) is 3.15. The molecular formula is C15H14BrNO2. The van der Waals surface area contributed by atoms with Crippen LogP contribution < -0.4 is 5.32 Å². The summed E-state index contributed by atoms with van der Waals surface area (Å²) >= 11 is 3.37. The highest BCUT2D eigenvalue weighted by Gasteiger charge is 2.09. The Kier molecular flexibility index (Phi) is 4.58. The molecule has 0 spiro atoms. The van der Waals surface area contributed by atoms with Crippen molar-refractivity contribution in [3.63, 3.8) is 0 Å². The molecule has 0 saturated heterocycles. The van der Waals surface area contributed by atoms with Gasteiger partial charge in [0, 0.05) is 10.5 Å². The van der Waals surface area contributed by atoms with Gasteiger partial charge in [0.1, 0.15) is 5.76 Å². The average Bonchev–Trinajstić information content (AvgIpc) is 2.92. The first kappa shape index (κ1) is 13.6. The number of hydrogen-bond acceptors (Lipinski definition) is 2. The SMILES string of the molecule is C[C@H](NC(=O)/C=C/c1ccc(Br)cc1)c1ccco1. The minimum Gasteiger partial charge on any atom is -0.467 e. The lowest BCUT2D eigenvalue weighted by Gasteiger charge is -2.08. The lowest BCUT2D eigenvalue weighted by molar-refractivity contribution is -0.117. The van der Waals surface area contributed by atoms with Crippen LogP contribution >= 0.6 is 15.9 Å². The van der Waals surface area contributed by atoms with E-state index in [2.05, 4.69) is 21.2 Å². The van der Waals surface area contributed by atoms with Gasteiger partial charge >= 0.3 is 0 Å². The topological polar surface area (TPSA) is 42.2 Å². The van der Waals surface area contributed by atoms with E-state index < -0.39 is 0 Å². The summed E-state index contributed by atoms with van der Waals surface area (Å²) < 4.78 is 6.24. The van der Waals surface area contributed by atoms with E-state index in [1.807, 2.05) is 37.3 Å². The van der Waals surface area contributed by atoms with E-state index in [9.17, 15) is 4.79 Å². The summed E-state index contributed by atoms with van der Waals surface area (Å²) in [5.41, 5.74) is 0.976. The predicted molar refractivity (Wildman–Crippen MR) is 78.4 cm³/mol. The standard InChI is InChI=1S/C15H14BrNO2/c1-11(14-3-2-10-19-14)17-15(18)9-6-12-4-7-13(16)8-5-12/h2-11H,1H3,(H,17,18)/b9-6+/t11-/m0/s1. The van der Waals surface area contributed by atoms with Crippen molar-refractivity contribution in [2.24, 2.45) is 0 Å². The molecule has 1 N–H and O–H groups in total. The number of nitrogens with one attached hydrogen (secondary N) is 1. The monoisotopic (exact) mass is 319 g/mol. The second kappa shape index (κ2) is 6.38. The first-order chi connectivity index (χ1) is 9.15. The summed E-state index contributed by atoms with van der Waals surface area (Å²) in [7, 11) is 0. The Morgan fingerprint density at radius 3 is 2.68 bits per heavy atom. The smallest absolute Gasteiger partial charge is 0.244 e. The first-order valence-corrected chi connectivity index (χ1v) is 6.72. The van der Waals surface area contributed by atoms with Crippen molar-refractivity contribution >= 4 is 27.9 Å². The van der Waals surface area contributed by atoms with Gasteiger partial charge in [-0.2, -0.15) is 0 Å². The molecule has 1 heterocycles. The Morgan fingerprint density at radius 2 is 2.05 bits per heavy atom. The number of halogens is 1. The second-order valence-corrected chi connectivity index (χ2v) is 5.05. The van der Waals surface area contributed by atoms with E-state index in [-0.39, 0.29) is 11.9 Å².